The molecular weight excluding hydrogens is 612 g/mol. The fraction of sp³-hybridized carbons (Fsp3) is 0.394. The number of piperazine rings is 1. The van der Waals surface area contributed by atoms with Crippen LogP contribution in [0.1, 0.15) is 35.6 Å². The zero-order valence-electron chi connectivity index (χ0n) is 25.5. The number of aliphatic hydroxyl groups excluding tert-OH is 2. The van der Waals surface area contributed by atoms with E-state index in [1.807, 2.05) is 24.9 Å². The van der Waals surface area contributed by atoms with Gasteiger partial charge in [-0.25, -0.2) is 18.7 Å². The molecule has 4 heterocycles. The van der Waals surface area contributed by atoms with Gasteiger partial charge in [-0.2, -0.15) is 5.26 Å². The standard InChI is InChI=1S/C33H33F2N7O3S/c1-18-14-40(17-28(45)41-15-22(43)16-41)9-10-42(18)21-11-24-30(25(35)12-21)37-31-23(7-8-26(31)44)32(24)39(2)33-38-29(27(13-36)46-33)19-3-5-20(34)6-4-19/h3-6,11-12,18,22,26,43-44H,7-10,14-17H2,1-2H3/t18-,26-/m0/s1. The van der Waals surface area contributed by atoms with Crippen LogP contribution in [0.5, 0.6) is 0 Å². The molecule has 4 aromatic rings. The summed E-state index contributed by atoms with van der Waals surface area (Å²) in [7, 11) is 1.81. The Morgan fingerprint density at radius 2 is 1.89 bits per heavy atom. The summed E-state index contributed by atoms with van der Waals surface area (Å²) in [6.45, 7) is 4.91. The monoisotopic (exact) mass is 645 g/mol. The molecule has 2 aromatic heterocycles. The smallest absolute Gasteiger partial charge is 0.236 e. The Balaban J connectivity index is 1.24. The van der Waals surface area contributed by atoms with Gasteiger partial charge in [-0.05, 0) is 56.2 Å². The van der Waals surface area contributed by atoms with E-state index in [9.17, 15) is 24.7 Å². The van der Waals surface area contributed by atoms with Crippen LogP contribution in [0.3, 0.4) is 0 Å². The molecule has 0 saturated carbocycles. The Labute approximate surface area is 268 Å². The lowest BCUT2D eigenvalue weighted by molar-refractivity contribution is -0.142. The number of β-amino-alcohol motifs (C(OH)–C–C–N with tert-alkyl or cyclic N) is 1. The van der Waals surface area contributed by atoms with E-state index in [1.54, 1.807) is 17.0 Å². The zero-order valence-corrected chi connectivity index (χ0v) is 26.3. The minimum atomic E-state index is -0.818. The minimum Gasteiger partial charge on any atom is -0.389 e. The highest BCUT2D eigenvalue weighted by molar-refractivity contribution is 7.16. The minimum absolute atomic E-state index is 0.00169. The number of carbonyl (C=O) groups is 1. The van der Waals surface area contributed by atoms with Gasteiger partial charge in [-0.3, -0.25) is 9.69 Å². The Morgan fingerprint density at radius 1 is 1.13 bits per heavy atom. The molecule has 0 bridgehead atoms. The van der Waals surface area contributed by atoms with Gasteiger partial charge in [0.1, 0.15) is 28.0 Å². The van der Waals surface area contributed by atoms with Crippen molar-refractivity contribution in [3.8, 4) is 17.3 Å². The molecule has 1 aliphatic carbocycles. The first-order chi connectivity index (χ1) is 22.1. The molecule has 13 heteroatoms. The van der Waals surface area contributed by atoms with Gasteiger partial charge in [0, 0.05) is 68.0 Å². The molecule has 2 aromatic carbocycles. The second-order valence-electron chi connectivity index (χ2n) is 12.3. The molecule has 2 atom stereocenters. The fourth-order valence-corrected chi connectivity index (χ4v) is 7.63. The predicted octanol–water partition coefficient (Wildman–Crippen LogP) is 3.97. The fourth-order valence-electron chi connectivity index (χ4n) is 6.78. The highest BCUT2D eigenvalue weighted by Crippen LogP contribution is 2.45. The van der Waals surface area contributed by atoms with Crippen LogP contribution in [-0.4, -0.2) is 94.4 Å². The van der Waals surface area contributed by atoms with Crippen molar-refractivity contribution in [3.63, 3.8) is 0 Å². The average molecular weight is 646 g/mol. The first kappa shape index (κ1) is 30.4. The Kier molecular flexibility index (Phi) is 7.84. The summed E-state index contributed by atoms with van der Waals surface area (Å²) in [4.78, 5) is 30.1. The van der Waals surface area contributed by atoms with Crippen molar-refractivity contribution in [3.05, 3.63) is 64.2 Å². The van der Waals surface area contributed by atoms with Crippen LogP contribution in [0.4, 0.5) is 25.3 Å². The number of aromatic nitrogens is 2. The molecule has 0 unspecified atom stereocenters. The third kappa shape index (κ3) is 5.35. The first-order valence-electron chi connectivity index (χ1n) is 15.3. The SMILES string of the molecule is C[C@H]1CN(CC(=O)N2CC(O)C2)CCN1c1cc(F)c2nc3c(c(N(C)c4nc(-c5ccc(F)cc5)c(C#N)s4)c2c1)CC[C@@H]3O. The van der Waals surface area contributed by atoms with Gasteiger partial charge in [0.25, 0.3) is 0 Å². The quantitative estimate of drug-likeness (QED) is 0.321. The summed E-state index contributed by atoms with van der Waals surface area (Å²) in [6, 6.07) is 11.4. The molecule has 0 spiro atoms. The second-order valence-corrected chi connectivity index (χ2v) is 13.3. The van der Waals surface area contributed by atoms with E-state index < -0.39 is 18.0 Å². The van der Waals surface area contributed by atoms with Crippen LogP contribution in [-0.2, 0) is 11.2 Å². The average Bonchev–Trinajstić information content (AvgIpc) is 3.62. The largest absolute Gasteiger partial charge is 0.389 e. The van der Waals surface area contributed by atoms with Crippen molar-refractivity contribution in [2.24, 2.45) is 0 Å². The number of rotatable bonds is 6. The van der Waals surface area contributed by atoms with Gasteiger partial charge in [0.2, 0.25) is 5.91 Å². The van der Waals surface area contributed by atoms with E-state index in [4.69, 9.17) is 4.98 Å². The molecule has 46 heavy (non-hydrogen) atoms. The molecule has 2 saturated heterocycles. The number of anilines is 3. The number of fused-ring (bicyclic) bond motifs is 2. The van der Waals surface area contributed by atoms with Crippen LogP contribution in [0.15, 0.2) is 36.4 Å². The van der Waals surface area contributed by atoms with Gasteiger partial charge >= 0.3 is 0 Å². The number of aliphatic hydroxyl groups is 2. The van der Waals surface area contributed by atoms with Crippen molar-refractivity contribution in [2.75, 3.05) is 56.1 Å². The van der Waals surface area contributed by atoms with Crippen LogP contribution in [0, 0.1) is 23.0 Å². The topological polar surface area (TPSA) is 120 Å². The highest BCUT2D eigenvalue weighted by atomic mass is 32.1. The number of hydrogen-bond acceptors (Lipinski definition) is 10. The lowest BCUT2D eigenvalue weighted by Crippen LogP contribution is -2.58. The number of likely N-dealkylation sites (tertiary alicyclic amines) is 1. The molecule has 2 N–H and O–H groups in total. The third-order valence-corrected chi connectivity index (χ3v) is 10.2. The molecule has 3 aliphatic rings. The molecule has 238 valence electrons. The summed E-state index contributed by atoms with van der Waals surface area (Å²) in [6.07, 6.45) is -0.249. The number of halogens is 2. The van der Waals surface area contributed by atoms with Crippen molar-refractivity contribution >= 4 is 44.7 Å². The molecule has 7 rings (SSSR count). The molecule has 0 radical (unpaired) electrons. The molecule has 1 amide bonds. The molecule has 2 fully saturated rings. The van der Waals surface area contributed by atoms with E-state index in [0.29, 0.717) is 89.3 Å². The number of thiazole rings is 1. The van der Waals surface area contributed by atoms with Gasteiger partial charge in [-0.15, -0.1) is 0 Å². The van der Waals surface area contributed by atoms with Gasteiger partial charge in [0.05, 0.1) is 30.1 Å². The lowest BCUT2D eigenvalue weighted by Gasteiger charge is -2.43. The van der Waals surface area contributed by atoms with Crippen molar-refractivity contribution in [1.29, 1.82) is 5.26 Å². The van der Waals surface area contributed by atoms with Gasteiger partial charge < -0.3 is 24.9 Å². The third-order valence-electron chi connectivity index (χ3n) is 9.19. The van der Waals surface area contributed by atoms with E-state index >= 15 is 4.39 Å². The zero-order chi connectivity index (χ0) is 32.3. The summed E-state index contributed by atoms with van der Waals surface area (Å²) >= 11 is 1.19. The Morgan fingerprint density at radius 3 is 2.59 bits per heavy atom. The van der Waals surface area contributed by atoms with Gasteiger partial charge in [0.15, 0.2) is 10.9 Å². The van der Waals surface area contributed by atoms with Gasteiger partial charge in [-0.1, -0.05) is 11.3 Å². The number of carbonyl (C=O) groups excluding carboxylic acids is 1. The van der Waals surface area contributed by atoms with Crippen molar-refractivity contribution in [2.45, 2.75) is 38.0 Å². The number of nitrogens with zero attached hydrogens (tertiary/aromatic N) is 7. The van der Waals surface area contributed by atoms with E-state index in [0.717, 1.165) is 5.56 Å². The van der Waals surface area contributed by atoms with Crippen LogP contribution in [0.2, 0.25) is 0 Å². The van der Waals surface area contributed by atoms with Crippen LogP contribution < -0.4 is 9.80 Å². The number of hydrogen-bond donors (Lipinski definition) is 2. The molecular formula is C33H33F2N7O3S. The lowest BCUT2D eigenvalue weighted by atomic mass is 10.0. The summed E-state index contributed by atoms with van der Waals surface area (Å²) in [5.41, 5.74) is 3.81. The number of amides is 1. The maximum Gasteiger partial charge on any atom is 0.236 e. The number of pyridine rings is 1. The summed E-state index contributed by atoms with van der Waals surface area (Å²) in [5, 5.41) is 31.3. The van der Waals surface area contributed by atoms with Crippen LogP contribution >= 0.6 is 11.3 Å². The van der Waals surface area contributed by atoms with E-state index in [1.165, 1.54) is 29.5 Å². The number of nitriles is 1. The van der Waals surface area contributed by atoms with Crippen molar-refractivity contribution in [1.82, 2.24) is 19.8 Å². The number of benzene rings is 2. The van der Waals surface area contributed by atoms with Crippen LogP contribution in [0.25, 0.3) is 22.2 Å². The summed E-state index contributed by atoms with van der Waals surface area (Å²) < 4.78 is 29.6. The predicted molar refractivity (Wildman–Crippen MR) is 171 cm³/mol. The van der Waals surface area contributed by atoms with E-state index in [-0.39, 0.29) is 29.8 Å². The Bertz CT molecular complexity index is 1870. The summed E-state index contributed by atoms with van der Waals surface area (Å²) in [5.74, 6) is -0.891. The molecule has 10 nitrogen and oxygen atoms in total. The maximum atomic E-state index is 16.0. The first-order valence-corrected chi connectivity index (χ1v) is 16.1. The second kappa shape index (κ2) is 11.9. The maximum absolute atomic E-state index is 16.0. The van der Waals surface area contributed by atoms with Crippen molar-refractivity contribution < 1.29 is 23.8 Å². The highest BCUT2D eigenvalue weighted by Gasteiger charge is 2.34. The molecule has 2 aliphatic heterocycles. The normalized spacial score (nSPS) is 20.1. The Hall–Kier alpha value is -4.22. The van der Waals surface area contributed by atoms with E-state index in [2.05, 4.69) is 20.9 Å².